The predicted octanol–water partition coefficient (Wildman–Crippen LogP) is 3.84. The fourth-order valence-corrected chi connectivity index (χ4v) is 3.01. The fraction of sp³-hybridized carbons (Fsp3) is 0.647. The SMILES string of the molecule is CN(CC1CCCO1)c1c(Cl)cccc1CNC(C)(C)C. The van der Waals surface area contributed by atoms with Gasteiger partial charge < -0.3 is 15.0 Å². The van der Waals surface area contributed by atoms with Crippen LogP contribution in [-0.4, -0.2) is 31.8 Å². The summed E-state index contributed by atoms with van der Waals surface area (Å²) >= 11 is 6.45. The molecule has 1 saturated heterocycles. The number of nitrogens with zero attached hydrogens (tertiary/aromatic N) is 1. The minimum absolute atomic E-state index is 0.0900. The topological polar surface area (TPSA) is 24.5 Å². The first-order valence-corrected chi connectivity index (χ1v) is 8.10. The number of hydrogen-bond acceptors (Lipinski definition) is 3. The summed E-state index contributed by atoms with van der Waals surface area (Å²) in [6, 6.07) is 6.13. The van der Waals surface area contributed by atoms with Gasteiger partial charge in [0.15, 0.2) is 0 Å². The highest BCUT2D eigenvalue weighted by molar-refractivity contribution is 6.33. The maximum absolute atomic E-state index is 6.45. The van der Waals surface area contributed by atoms with Gasteiger partial charge in [-0.05, 0) is 45.2 Å². The summed E-state index contributed by atoms with van der Waals surface area (Å²) in [4.78, 5) is 2.23. The smallest absolute Gasteiger partial charge is 0.0750 e. The molecule has 4 heteroatoms. The lowest BCUT2D eigenvalue weighted by Gasteiger charge is -2.28. The molecule has 1 N–H and O–H groups in total. The van der Waals surface area contributed by atoms with Crippen LogP contribution in [0.3, 0.4) is 0 Å². The molecular formula is C17H27ClN2O. The highest BCUT2D eigenvalue weighted by atomic mass is 35.5. The van der Waals surface area contributed by atoms with Gasteiger partial charge in [-0.2, -0.15) is 0 Å². The van der Waals surface area contributed by atoms with Crippen molar-refractivity contribution in [2.75, 3.05) is 25.1 Å². The quantitative estimate of drug-likeness (QED) is 0.894. The highest BCUT2D eigenvalue weighted by Gasteiger charge is 2.20. The molecule has 0 amide bonds. The number of rotatable bonds is 5. The lowest BCUT2D eigenvalue weighted by molar-refractivity contribution is 0.116. The fourth-order valence-electron chi connectivity index (χ4n) is 2.68. The zero-order chi connectivity index (χ0) is 15.5. The van der Waals surface area contributed by atoms with E-state index in [0.717, 1.165) is 36.8 Å². The molecule has 118 valence electrons. The van der Waals surface area contributed by atoms with Crippen LogP contribution in [0.25, 0.3) is 0 Å². The van der Waals surface area contributed by atoms with E-state index in [1.54, 1.807) is 0 Å². The molecule has 1 atom stereocenters. The van der Waals surface area contributed by atoms with Crippen molar-refractivity contribution in [1.29, 1.82) is 0 Å². The van der Waals surface area contributed by atoms with Crippen molar-refractivity contribution >= 4 is 17.3 Å². The molecule has 1 unspecified atom stereocenters. The van der Waals surface area contributed by atoms with E-state index in [2.05, 4.69) is 44.1 Å². The number of nitrogens with one attached hydrogen (secondary N) is 1. The number of likely N-dealkylation sites (N-methyl/N-ethyl adjacent to an activating group) is 1. The number of anilines is 1. The molecule has 21 heavy (non-hydrogen) atoms. The Balaban J connectivity index is 2.12. The van der Waals surface area contributed by atoms with Crippen LogP contribution in [0.5, 0.6) is 0 Å². The van der Waals surface area contributed by atoms with Gasteiger partial charge in [-0.1, -0.05) is 23.7 Å². The average molecular weight is 311 g/mol. The van der Waals surface area contributed by atoms with E-state index < -0.39 is 0 Å². The van der Waals surface area contributed by atoms with Crippen molar-refractivity contribution in [2.45, 2.75) is 51.8 Å². The summed E-state index contributed by atoms with van der Waals surface area (Å²) in [6.45, 7) is 9.12. The van der Waals surface area contributed by atoms with Crippen LogP contribution in [0.2, 0.25) is 5.02 Å². The molecule has 0 bridgehead atoms. The number of halogens is 1. The Labute approximate surface area is 133 Å². The van der Waals surface area contributed by atoms with Crippen LogP contribution in [0.1, 0.15) is 39.2 Å². The Morgan fingerprint density at radius 3 is 2.76 bits per heavy atom. The normalized spacial score (nSPS) is 19.0. The van der Waals surface area contributed by atoms with Crippen molar-refractivity contribution in [3.63, 3.8) is 0 Å². The molecule has 1 aliphatic heterocycles. The van der Waals surface area contributed by atoms with Crippen molar-refractivity contribution in [2.24, 2.45) is 0 Å². The third-order valence-electron chi connectivity index (χ3n) is 3.76. The van der Waals surface area contributed by atoms with Gasteiger partial charge in [0.05, 0.1) is 16.8 Å². The molecule has 1 aliphatic rings. The molecular weight excluding hydrogens is 284 g/mol. The van der Waals surface area contributed by atoms with Gasteiger partial charge in [-0.25, -0.2) is 0 Å². The van der Waals surface area contributed by atoms with Crippen LogP contribution < -0.4 is 10.2 Å². The summed E-state index contributed by atoms with van der Waals surface area (Å²) in [5.74, 6) is 0. The average Bonchev–Trinajstić information content (AvgIpc) is 2.88. The third-order valence-corrected chi connectivity index (χ3v) is 4.07. The number of hydrogen-bond donors (Lipinski definition) is 1. The van der Waals surface area contributed by atoms with Crippen LogP contribution in [0.15, 0.2) is 18.2 Å². The van der Waals surface area contributed by atoms with Gasteiger partial charge in [0.25, 0.3) is 0 Å². The van der Waals surface area contributed by atoms with Crippen LogP contribution in [0.4, 0.5) is 5.69 Å². The van der Waals surface area contributed by atoms with Gasteiger partial charge in [0, 0.05) is 32.3 Å². The van der Waals surface area contributed by atoms with Crippen molar-refractivity contribution in [3.05, 3.63) is 28.8 Å². The summed E-state index contributed by atoms with van der Waals surface area (Å²) in [5.41, 5.74) is 2.44. The number of ether oxygens (including phenoxy) is 1. The van der Waals surface area contributed by atoms with Gasteiger partial charge in [-0.15, -0.1) is 0 Å². The largest absolute Gasteiger partial charge is 0.376 e. The Morgan fingerprint density at radius 2 is 2.14 bits per heavy atom. The first-order chi connectivity index (χ1) is 9.87. The Bertz CT molecular complexity index is 464. The van der Waals surface area contributed by atoms with E-state index in [9.17, 15) is 0 Å². The zero-order valence-electron chi connectivity index (χ0n) is 13.6. The zero-order valence-corrected chi connectivity index (χ0v) is 14.3. The molecule has 0 radical (unpaired) electrons. The highest BCUT2D eigenvalue weighted by Crippen LogP contribution is 2.30. The first-order valence-electron chi connectivity index (χ1n) is 7.72. The summed E-state index contributed by atoms with van der Waals surface area (Å²) in [5, 5.41) is 4.35. The van der Waals surface area contributed by atoms with Crippen LogP contribution in [0, 0.1) is 0 Å². The standard InChI is InChI=1S/C17H27ClN2O/c1-17(2,3)19-11-13-7-5-9-15(18)16(13)20(4)12-14-8-6-10-21-14/h5,7,9,14,19H,6,8,10-12H2,1-4H3. The first kappa shape index (κ1) is 16.6. The summed E-state index contributed by atoms with van der Waals surface area (Å²) in [7, 11) is 2.10. The second-order valence-electron chi connectivity index (χ2n) is 6.87. The molecule has 1 aromatic rings. The van der Waals surface area contributed by atoms with Gasteiger partial charge >= 0.3 is 0 Å². The second-order valence-corrected chi connectivity index (χ2v) is 7.27. The molecule has 0 spiro atoms. The molecule has 0 aromatic heterocycles. The minimum Gasteiger partial charge on any atom is -0.376 e. The molecule has 3 nitrogen and oxygen atoms in total. The van der Waals surface area contributed by atoms with Crippen molar-refractivity contribution < 1.29 is 4.74 Å². The number of benzene rings is 1. The van der Waals surface area contributed by atoms with E-state index in [4.69, 9.17) is 16.3 Å². The van der Waals surface area contributed by atoms with E-state index >= 15 is 0 Å². The maximum atomic E-state index is 6.45. The van der Waals surface area contributed by atoms with Gasteiger partial charge in [0.1, 0.15) is 0 Å². The lowest BCUT2D eigenvalue weighted by atomic mass is 10.1. The molecule has 1 heterocycles. The summed E-state index contributed by atoms with van der Waals surface area (Å²) in [6.07, 6.45) is 2.64. The van der Waals surface area contributed by atoms with E-state index in [1.807, 2.05) is 12.1 Å². The summed E-state index contributed by atoms with van der Waals surface area (Å²) < 4.78 is 5.74. The third kappa shape index (κ3) is 4.87. The van der Waals surface area contributed by atoms with Gasteiger partial charge in [0.2, 0.25) is 0 Å². The predicted molar refractivity (Wildman–Crippen MR) is 90.3 cm³/mol. The molecule has 0 saturated carbocycles. The van der Waals surface area contributed by atoms with E-state index in [-0.39, 0.29) is 5.54 Å². The molecule has 1 fully saturated rings. The second kappa shape index (κ2) is 6.99. The van der Waals surface area contributed by atoms with Crippen molar-refractivity contribution in [1.82, 2.24) is 5.32 Å². The van der Waals surface area contributed by atoms with Crippen LogP contribution >= 0.6 is 11.6 Å². The van der Waals surface area contributed by atoms with E-state index in [0.29, 0.717) is 6.10 Å². The molecule has 2 rings (SSSR count). The molecule has 0 aliphatic carbocycles. The Hall–Kier alpha value is -0.770. The minimum atomic E-state index is 0.0900. The lowest BCUT2D eigenvalue weighted by Crippen LogP contribution is -2.36. The van der Waals surface area contributed by atoms with Crippen molar-refractivity contribution in [3.8, 4) is 0 Å². The van der Waals surface area contributed by atoms with Gasteiger partial charge in [-0.3, -0.25) is 0 Å². The Kier molecular flexibility index (Phi) is 5.53. The van der Waals surface area contributed by atoms with E-state index in [1.165, 1.54) is 12.0 Å². The number of para-hydroxylation sites is 1. The Morgan fingerprint density at radius 1 is 1.38 bits per heavy atom. The maximum Gasteiger partial charge on any atom is 0.0750 e. The van der Waals surface area contributed by atoms with Crippen LogP contribution in [-0.2, 0) is 11.3 Å². The monoisotopic (exact) mass is 310 g/mol. The molecule has 1 aromatic carbocycles.